The van der Waals surface area contributed by atoms with Crippen molar-refractivity contribution in [3.63, 3.8) is 0 Å². The summed E-state index contributed by atoms with van der Waals surface area (Å²) in [5, 5.41) is 9.74. The molecule has 0 aliphatic carbocycles. The maximum Gasteiger partial charge on any atom is 0.240 e. The fourth-order valence-electron chi connectivity index (χ4n) is 1.96. The Morgan fingerprint density at radius 1 is 1.35 bits per heavy atom. The van der Waals surface area contributed by atoms with Gasteiger partial charge in [0.2, 0.25) is 11.8 Å². The van der Waals surface area contributed by atoms with Crippen LogP contribution in [0.4, 0.5) is 5.69 Å². The first-order valence-electron chi connectivity index (χ1n) is 7.67. The average Bonchev–Trinajstić information content (AvgIpc) is 2.86. The van der Waals surface area contributed by atoms with Crippen molar-refractivity contribution < 1.29 is 9.59 Å². The molecule has 1 fully saturated rings. The molecule has 23 heavy (non-hydrogen) atoms. The number of para-hydroxylation sites is 1. The third kappa shape index (κ3) is 5.94. The van der Waals surface area contributed by atoms with E-state index < -0.39 is 5.25 Å². The molecule has 0 spiro atoms. The monoisotopic (exact) mass is 334 g/mol. The lowest BCUT2D eigenvalue weighted by molar-refractivity contribution is -0.125. The van der Waals surface area contributed by atoms with Gasteiger partial charge >= 0.3 is 0 Å². The molecule has 1 heterocycles. The van der Waals surface area contributed by atoms with Crippen LogP contribution in [0.15, 0.2) is 35.4 Å². The molecule has 1 aliphatic heterocycles. The topological polar surface area (TPSA) is 82.6 Å². The van der Waals surface area contributed by atoms with Crippen LogP contribution in [0.3, 0.4) is 0 Å². The number of anilines is 1. The summed E-state index contributed by atoms with van der Waals surface area (Å²) in [5.41, 5.74) is 3.72. The minimum absolute atomic E-state index is 0.101. The number of rotatable bonds is 7. The highest BCUT2D eigenvalue weighted by molar-refractivity contribution is 8.15. The Bertz CT molecular complexity index is 575. The van der Waals surface area contributed by atoms with Gasteiger partial charge in [0.15, 0.2) is 5.17 Å². The van der Waals surface area contributed by atoms with Crippen molar-refractivity contribution in [2.45, 2.75) is 31.9 Å². The number of benzene rings is 1. The minimum Gasteiger partial charge on any atom is -0.356 e. The molecular weight excluding hydrogens is 312 g/mol. The van der Waals surface area contributed by atoms with Gasteiger partial charge in [-0.15, -0.1) is 5.10 Å². The minimum atomic E-state index is -0.426. The predicted octanol–water partition coefficient (Wildman–Crippen LogP) is 2.15. The van der Waals surface area contributed by atoms with E-state index in [4.69, 9.17) is 0 Å². The SMILES string of the molecule is CC(C)CCNC(=O)C[C@H]1S/C(=N\Nc2ccccc2)NC1=O. The fraction of sp³-hybridized carbons (Fsp3) is 0.438. The molecule has 1 aliphatic rings. The number of nitrogens with zero attached hydrogens (tertiary/aromatic N) is 1. The quantitative estimate of drug-likeness (QED) is 0.667. The van der Waals surface area contributed by atoms with E-state index in [-0.39, 0.29) is 18.2 Å². The van der Waals surface area contributed by atoms with Crippen molar-refractivity contribution in [2.24, 2.45) is 11.0 Å². The van der Waals surface area contributed by atoms with E-state index in [1.54, 1.807) is 0 Å². The summed E-state index contributed by atoms with van der Waals surface area (Å²) < 4.78 is 0. The first-order chi connectivity index (χ1) is 11.0. The Labute approximate surface area is 140 Å². The lowest BCUT2D eigenvalue weighted by Crippen LogP contribution is -2.32. The van der Waals surface area contributed by atoms with Gasteiger partial charge in [0.25, 0.3) is 0 Å². The van der Waals surface area contributed by atoms with Crippen LogP contribution < -0.4 is 16.1 Å². The molecule has 1 aromatic carbocycles. The highest BCUT2D eigenvalue weighted by atomic mass is 32.2. The van der Waals surface area contributed by atoms with Gasteiger partial charge in [-0.2, -0.15) is 0 Å². The first kappa shape index (κ1) is 17.3. The van der Waals surface area contributed by atoms with Gasteiger partial charge in [0.05, 0.1) is 5.69 Å². The second-order valence-electron chi connectivity index (χ2n) is 5.73. The van der Waals surface area contributed by atoms with Crippen molar-refractivity contribution in [3.05, 3.63) is 30.3 Å². The lowest BCUT2D eigenvalue weighted by Gasteiger charge is -2.08. The number of nitrogens with one attached hydrogen (secondary N) is 3. The van der Waals surface area contributed by atoms with Gasteiger partial charge < -0.3 is 10.6 Å². The van der Waals surface area contributed by atoms with E-state index in [9.17, 15) is 9.59 Å². The molecule has 7 heteroatoms. The number of amidine groups is 1. The van der Waals surface area contributed by atoms with Crippen LogP contribution in [0.5, 0.6) is 0 Å². The highest BCUT2D eigenvalue weighted by Gasteiger charge is 2.32. The number of hydrogen-bond donors (Lipinski definition) is 3. The summed E-state index contributed by atoms with van der Waals surface area (Å²) in [5.74, 6) is 0.264. The van der Waals surface area contributed by atoms with E-state index >= 15 is 0 Å². The van der Waals surface area contributed by atoms with Crippen molar-refractivity contribution >= 4 is 34.4 Å². The zero-order chi connectivity index (χ0) is 16.7. The van der Waals surface area contributed by atoms with Gasteiger partial charge in [-0.3, -0.25) is 15.0 Å². The molecule has 0 aromatic heterocycles. The smallest absolute Gasteiger partial charge is 0.240 e. The van der Waals surface area contributed by atoms with Gasteiger partial charge in [0.1, 0.15) is 5.25 Å². The number of thioether (sulfide) groups is 1. The predicted molar refractivity (Wildman–Crippen MR) is 94.1 cm³/mol. The maximum atomic E-state index is 11.9. The molecule has 0 unspecified atom stereocenters. The Morgan fingerprint density at radius 2 is 2.09 bits per heavy atom. The molecule has 1 aromatic rings. The Hall–Kier alpha value is -2.02. The first-order valence-corrected chi connectivity index (χ1v) is 8.55. The van der Waals surface area contributed by atoms with Crippen molar-refractivity contribution in [2.75, 3.05) is 12.0 Å². The summed E-state index contributed by atoms with van der Waals surface area (Å²) in [6.07, 6.45) is 1.10. The Morgan fingerprint density at radius 3 is 2.78 bits per heavy atom. The second-order valence-corrected chi connectivity index (χ2v) is 6.92. The van der Waals surface area contributed by atoms with Crippen LogP contribution in [0.1, 0.15) is 26.7 Å². The number of hydrazone groups is 1. The van der Waals surface area contributed by atoms with Crippen molar-refractivity contribution in [3.8, 4) is 0 Å². The standard InChI is InChI=1S/C16H22N4O2S/c1-11(2)8-9-17-14(21)10-13-15(22)18-16(23-13)20-19-12-6-4-3-5-7-12/h3-7,11,13,19H,8-10H2,1-2H3,(H,17,21)(H,18,20,22)/t13-/m1/s1. The van der Waals surface area contributed by atoms with Crippen LogP contribution in [0.25, 0.3) is 0 Å². The van der Waals surface area contributed by atoms with Gasteiger partial charge in [0, 0.05) is 13.0 Å². The number of hydrogen-bond acceptors (Lipinski definition) is 5. The molecule has 0 saturated carbocycles. The molecule has 6 nitrogen and oxygen atoms in total. The lowest BCUT2D eigenvalue weighted by atomic mass is 10.1. The average molecular weight is 334 g/mol. The number of carbonyl (C=O) groups is 2. The zero-order valence-corrected chi connectivity index (χ0v) is 14.2. The zero-order valence-electron chi connectivity index (χ0n) is 13.3. The van der Waals surface area contributed by atoms with Crippen molar-refractivity contribution in [1.82, 2.24) is 10.6 Å². The molecule has 2 amide bonds. The molecule has 1 atom stereocenters. The van der Waals surface area contributed by atoms with Crippen LogP contribution in [0, 0.1) is 5.92 Å². The fourth-order valence-corrected chi connectivity index (χ4v) is 2.89. The Kier molecular flexibility index (Phi) is 6.46. The van der Waals surface area contributed by atoms with Gasteiger partial charge in [-0.1, -0.05) is 43.8 Å². The van der Waals surface area contributed by atoms with Crippen LogP contribution in [0.2, 0.25) is 0 Å². The molecule has 0 radical (unpaired) electrons. The van der Waals surface area contributed by atoms with E-state index in [1.807, 2.05) is 30.3 Å². The summed E-state index contributed by atoms with van der Waals surface area (Å²) >= 11 is 1.27. The van der Waals surface area contributed by atoms with Crippen LogP contribution >= 0.6 is 11.8 Å². The Balaban J connectivity index is 1.79. The molecule has 124 valence electrons. The number of amides is 2. The molecule has 2 rings (SSSR count). The summed E-state index contributed by atoms with van der Waals surface area (Å²) in [6.45, 7) is 4.86. The highest BCUT2D eigenvalue weighted by Crippen LogP contribution is 2.22. The molecular formula is C16H22N4O2S. The van der Waals surface area contributed by atoms with Crippen molar-refractivity contribution in [1.29, 1.82) is 0 Å². The summed E-state index contributed by atoms with van der Waals surface area (Å²) in [7, 11) is 0. The van der Waals surface area contributed by atoms with E-state index in [0.717, 1.165) is 12.1 Å². The summed E-state index contributed by atoms with van der Waals surface area (Å²) in [6, 6.07) is 9.47. The van der Waals surface area contributed by atoms with Gasteiger partial charge in [-0.05, 0) is 24.5 Å². The summed E-state index contributed by atoms with van der Waals surface area (Å²) in [4.78, 5) is 23.7. The van der Waals surface area contributed by atoms with E-state index in [0.29, 0.717) is 17.6 Å². The maximum absolute atomic E-state index is 11.9. The van der Waals surface area contributed by atoms with Crippen LogP contribution in [-0.4, -0.2) is 28.8 Å². The third-order valence-corrected chi connectivity index (χ3v) is 4.33. The molecule has 0 bridgehead atoms. The van der Waals surface area contributed by atoms with E-state index in [2.05, 4.69) is 35.0 Å². The molecule has 1 saturated heterocycles. The van der Waals surface area contributed by atoms with Crippen LogP contribution in [-0.2, 0) is 9.59 Å². The normalized spacial score (nSPS) is 19.0. The molecule has 3 N–H and O–H groups in total. The van der Waals surface area contributed by atoms with Gasteiger partial charge in [-0.25, -0.2) is 0 Å². The van der Waals surface area contributed by atoms with E-state index in [1.165, 1.54) is 11.8 Å². The number of carbonyl (C=O) groups excluding carboxylic acids is 2. The largest absolute Gasteiger partial charge is 0.356 e. The second kappa shape index (κ2) is 8.57. The third-order valence-electron chi connectivity index (χ3n) is 3.25.